The molecule has 180 valence electrons. The van der Waals surface area contributed by atoms with Gasteiger partial charge in [0.05, 0.1) is 22.3 Å². The van der Waals surface area contributed by atoms with E-state index in [4.69, 9.17) is 13.2 Å². The van der Waals surface area contributed by atoms with Gasteiger partial charge in [-0.2, -0.15) is 0 Å². The Balaban J connectivity index is 1.69. The highest BCUT2D eigenvalue weighted by Gasteiger charge is 2.21. The minimum atomic E-state index is -2.75. The summed E-state index contributed by atoms with van der Waals surface area (Å²) in [5, 5.41) is 11.4. The fourth-order valence-corrected chi connectivity index (χ4v) is 4.74. The number of phenols is 1. The molecule has 0 aliphatic carbocycles. The van der Waals surface area contributed by atoms with E-state index in [2.05, 4.69) is 4.98 Å². The lowest BCUT2D eigenvalue weighted by Gasteiger charge is -2.13. The van der Waals surface area contributed by atoms with Gasteiger partial charge in [-0.3, -0.25) is 9.55 Å². The Kier molecular flexibility index (Phi) is 4.14. The summed E-state index contributed by atoms with van der Waals surface area (Å²) in [6, 6.07) is 29.4. The average molecular weight is 488 g/mol. The van der Waals surface area contributed by atoms with Crippen LogP contribution in [0, 0.1) is 20.6 Å². The summed E-state index contributed by atoms with van der Waals surface area (Å²) in [6.45, 7) is -3.38. The smallest absolute Gasteiger partial charge is 0.149 e. The van der Waals surface area contributed by atoms with Crippen molar-refractivity contribution in [2.24, 2.45) is 0 Å². The van der Waals surface area contributed by atoms with Crippen LogP contribution in [0.3, 0.4) is 0 Å². The van der Waals surface area contributed by atoms with Gasteiger partial charge in [-0.05, 0) is 91.4 Å². The molecule has 4 aromatic carbocycles. The minimum absolute atomic E-state index is 0.0191. The van der Waals surface area contributed by atoms with E-state index in [1.807, 2.05) is 96.4 Å². The van der Waals surface area contributed by atoms with Gasteiger partial charge in [0.15, 0.2) is 0 Å². The summed E-state index contributed by atoms with van der Waals surface area (Å²) in [4.78, 5) is 9.49. The number of fused-ring (bicyclic) bond motifs is 1. The molecule has 6 aromatic rings. The predicted molar refractivity (Wildman–Crippen MR) is 151 cm³/mol. The number of pyridine rings is 1. The van der Waals surface area contributed by atoms with Crippen molar-refractivity contribution >= 4 is 11.0 Å². The predicted octanol–water partition coefficient (Wildman–Crippen LogP) is 8.05. The van der Waals surface area contributed by atoms with Crippen molar-refractivity contribution in [3.63, 3.8) is 0 Å². The van der Waals surface area contributed by atoms with Crippen LogP contribution in [0.15, 0.2) is 103 Å². The van der Waals surface area contributed by atoms with E-state index in [1.54, 1.807) is 6.20 Å². The molecular weight excluding hydrogens is 454 g/mol. The molecule has 0 unspecified atom stereocenters. The first-order chi connectivity index (χ1) is 20.4. The number of aromatic hydroxyl groups is 1. The Hall–Kier alpha value is -4.70. The van der Waals surface area contributed by atoms with Gasteiger partial charge in [0, 0.05) is 31.2 Å². The molecule has 4 nitrogen and oxygen atoms in total. The third-order valence-corrected chi connectivity index (χ3v) is 6.40. The standard InChI is InChI=1S/C33H27N3O/c1-21-16-23(3)32(37)28(18-21)33-35-31-27(24-10-9-11-25(20-24)29-14-7-8-15-34-29)17-22(2)19-30(31)36(33)26-12-5-4-6-13-26/h4-20,37H,1-3H3/i1D3,3D3. The molecule has 0 aliphatic rings. The van der Waals surface area contributed by atoms with Crippen LogP contribution in [0.4, 0.5) is 0 Å². The van der Waals surface area contributed by atoms with Crippen LogP contribution in [0.5, 0.6) is 5.75 Å². The molecule has 0 fully saturated rings. The van der Waals surface area contributed by atoms with Gasteiger partial charge in [0.25, 0.3) is 0 Å². The molecule has 0 radical (unpaired) electrons. The van der Waals surface area contributed by atoms with Crippen molar-refractivity contribution in [1.82, 2.24) is 14.5 Å². The van der Waals surface area contributed by atoms with E-state index < -0.39 is 25.0 Å². The zero-order valence-electron chi connectivity index (χ0n) is 26.1. The minimum Gasteiger partial charge on any atom is -0.507 e. The highest BCUT2D eigenvalue weighted by atomic mass is 16.3. The van der Waals surface area contributed by atoms with Gasteiger partial charge < -0.3 is 5.11 Å². The van der Waals surface area contributed by atoms with Gasteiger partial charge >= 0.3 is 0 Å². The van der Waals surface area contributed by atoms with E-state index in [9.17, 15) is 5.11 Å². The molecule has 0 saturated carbocycles. The number of rotatable bonds is 4. The summed E-state index contributed by atoms with van der Waals surface area (Å²) < 4.78 is 50.0. The molecule has 0 atom stereocenters. The number of hydrogen-bond acceptors (Lipinski definition) is 3. The second kappa shape index (κ2) is 9.07. The lowest BCUT2D eigenvalue weighted by molar-refractivity contribution is 0.472. The maximum Gasteiger partial charge on any atom is 0.149 e. The molecule has 0 aliphatic heterocycles. The fourth-order valence-electron chi connectivity index (χ4n) is 4.74. The first kappa shape index (κ1) is 16.9. The van der Waals surface area contributed by atoms with Gasteiger partial charge in [-0.25, -0.2) is 4.98 Å². The molecule has 2 aromatic heterocycles. The lowest BCUT2D eigenvalue weighted by atomic mass is 9.98. The van der Waals surface area contributed by atoms with Crippen molar-refractivity contribution in [2.75, 3.05) is 0 Å². The van der Waals surface area contributed by atoms with E-state index >= 15 is 0 Å². The second-order valence-electron chi connectivity index (χ2n) is 9.00. The van der Waals surface area contributed by atoms with Crippen LogP contribution >= 0.6 is 0 Å². The van der Waals surface area contributed by atoms with Crippen molar-refractivity contribution in [1.29, 1.82) is 0 Å². The highest BCUT2D eigenvalue weighted by molar-refractivity contribution is 5.97. The molecule has 2 heterocycles. The number of aryl methyl sites for hydroxylation is 3. The van der Waals surface area contributed by atoms with E-state index in [-0.39, 0.29) is 17.0 Å². The second-order valence-corrected chi connectivity index (χ2v) is 9.00. The molecule has 37 heavy (non-hydrogen) atoms. The Morgan fingerprint density at radius 3 is 2.35 bits per heavy atom. The van der Waals surface area contributed by atoms with Gasteiger partial charge in [0.2, 0.25) is 0 Å². The third kappa shape index (κ3) is 4.07. The Labute approximate surface area is 225 Å². The summed E-state index contributed by atoms with van der Waals surface area (Å²) in [5.74, 6) is -0.307. The van der Waals surface area contributed by atoms with Gasteiger partial charge in [-0.15, -0.1) is 0 Å². The summed E-state index contributed by atoms with van der Waals surface area (Å²) >= 11 is 0. The SMILES string of the molecule is [2H]C([2H])([2H])c1cc(-c2nc3c(-c4cccc(-c5ccccn5)c4)cc(C)cc3n2-c2ccccc2)c(O)c(C([2H])([2H])[2H])c1. The van der Waals surface area contributed by atoms with Gasteiger partial charge in [0.1, 0.15) is 11.6 Å². The number of aromatic nitrogens is 3. The molecule has 4 heteroatoms. The molecule has 0 bridgehead atoms. The Morgan fingerprint density at radius 1 is 0.757 bits per heavy atom. The van der Waals surface area contributed by atoms with Crippen LogP contribution in [0.1, 0.15) is 24.9 Å². The van der Waals surface area contributed by atoms with E-state index in [0.29, 0.717) is 16.7 Å². The fraction of sp³-hybridized carbons (Fsp3) is 0.0909. The molecular formula is C33H27N3O. The number of para-hydroxylation sites is 1. The number of phenolic OH excluding ortho intramolecular Hbond substituents is 1. The topological polar surface area (TPSA) is 50.9 Å². The monoisotopic (exact) mass is 487 g/mol. The molecule has 6 rings (SSSR count). The summed E-state index contributed by atoms with van der Waals surface area (Å²) in [6.07, 6.45) is 1.74. The maximum absolute atomic E-state index is 11.4. The van der Waals surface area contributed by atoms with Crippen LogP contribution in [0.25, 0.3) is 50.5 Å². The molecule has 0 saturated heterocycles. The highest BCUT2D eigenvalue weighted by Crippen LogP contribution is 2.39. The first-order valence-corrected chi connectivity index (χ1v) is 11.9. The van der Waals surface area contributed by atoms with Gasteiger partial charge in [-0.1, -0.05) is 48.5 Å². The van der Waals surface area contributed by atoms with E-state index in [1.165, 1.54) is 6.07 Å². The van der Waals surface area contributed by atoms with Crippen LogP contribution in [0.2, 0.25) is 0 Å². The molecule has 0 spiro atoms. The van der Waals surface area contributed by atoms with Crippen molar-refractivity contribution < 1.29 is 13.3 Å². The zero-order valence-corrected chi connectivity index (χ0v) is 20.1. The van der Waals surface area contributed by atoms with Crippen LogP contribution in [-0.4, -0.2) is 19.6 Å². The maximum atomic E-state index is 11.4. The largest absolute Gasteiger partial charge is 0.507 e. The molecule has 1 N–H and O–H groups in total. The quantitative estimate of drug-likeness (QED) is 0.274. The number of imidazole rings is 1. The summed E-state index contributed by atoms with van der Waals surface area (Å²) in [7, 11) is 0. The average Bonchev–Trinajstić information content (AvgIpc) is 3.35. The third-order valence-electron chi connectivity index (χ3n) is 6.40. The molecule has 0 amide bonds. The number of hydrogen-bond donors (Lipinski definition) is 1. The lowest BCUT2D eigenvalue weighted by Crippen LogP contribution is -1.98. The van der Waals surface area contributed by atoms with Crippen LogP contribution < -0.4 is 0 Å². The normalized spacial score (nSPS) is 14.3. The number of benzene rings is 4. The Morgan fingerprint density at radius 2 is 1.57 bits per heavy atom. The number of nitrogens with zero attached hydrogens (tertiary/aromatic N) is 3. The van der Waals surface area contributed by atoms with E-state index in [0.717, 1.165) is 34.0 Å². The zero-order chi connectivity index (χ0) is 30.5. The van der Waals surface area contributed by atoms with Crippen LogP contribution in [-0.2, 0) is 0 Å². The Bertz CT molecular complexity index is 1960. The van der Waals surface area contributed by atoms with Crippen molar-refractivity contribution in [3.8, 4) is 45.2 Å². The van der Waals surface area contributed by atoms with Crippen molar-refractivity contribution in [2.45, 2.75) is 20.6 Å². The first-order valence-electron chi connectivity index (χ1n) is 14.9. The summed E-state index contributed by atoms with van der Waals surface area (Å²) in [5.41, 5.74) is 5.85. The van der Waals surface area contributed by atoms with Crippen molar-refractivity contribution in [3.05, 3.63) is 120 Å².